The quantitative estimate of drug-likeness (QED) is 0.737. The molecule has 15 heavy (non-hydrogen) atoms. The van der Waals surface area contributed by atoms with E-state index in [-0.39, 0.29) is 6.61 Å². The lowest BCUT2D eigenvalue weighted by Crippen LogP contribution is -2.26. The Kier molecular flexibility index (Phi) is 4.78. The van der Waals surface area contributed by atoms with Gasteiger partial charge in [0.05, 0.1) is 11.4 Å². The van der Waals surface area contributed by atoms with E-state index in [1.807, 2.05) is 18.7 Å². The monoisotopic (exact) mass is 211 g/mol. The highest BCUT2D eigenvalue weighted by Crippen LogP contribution is 2.03. The van der Waals surface area contributed by atoms with Crippen LogP contribution in [0.3, 0.4) is 0 Å². The normalized spacial score (nSPS) is 13.1. The fourth-order valence-corrected chi connectivity index (χ4v) is 1.61. The van der Waals surface area contributed by atoms with Gasteiger partial charge in [0.25, 0.3) is 0 Å². The van der Waals surface area contributed by atoms with E-state index in [1.165, 1.54) is 5.69 Å². The van der Waals surface area contributed by atoms with E-state index < -0.39 is 0 Å². The molecule has 0 aliphatic heterocycles. The van der Waals surface area contributed by atoms with Crippen molar-refractivity contribution in [2.45, 2.75) is 39.3 Å². The molecule has 0 saturated heterocycles. The number of rotatable bonds is 6. The smallest absolute Gasteiger partial charge is 0.0597 e. The van der Waals surface area contributed by atoms with Crippen LogP contribution in [0, 0.1) is 6.92 Å². The van der Waals surface area contributed by atoms with Gasteiger partial charge < -0.3 is 10.4 Å². The average Bonchev–Trinajstić information content (AvgIpc) is 2.51. The van der Waals surface area contributed by atoms with Crippen LogP contribution >= 0.6 is 0 Å². The van der Waals surface area contributed by atoms with Crippen molar-refractivity contribution in [1.82, 2.24) is 15.1 Å². The Balaban J connectivity index is 2.33. The van der Waals surface area contributed by atoms with Crippen LogP contribution in [0.2, 0.25) is 0 Å². The van der Waals surface area contributed by atoms with Gasteiger partial charge >= 0.3 is 0 Å². The van der Waals surface area contributed by atoms with E-state index in [0.29, 0.717) is 6.04 Å². The van der Waals surface area contributed by atoms with Crippen LogP contribution in [0.4, 0.5) is 0 Å². The molecule has 0 aromatic carbocycles. The molecule has 1 atom stereocenters. The fraction of sp³-hybridized carbons (Fsp3) is 0.727. The number of hydrogen-bond donors (Lipinski definition) is 2. The number of nitrogens with zero attached hydrogens (tertiary/aromatic N) is 2. The topological polar surface area (TPSA) is 50.1 Å². The van der Waals surface area contributed by atoms with Crippen molar-refractivity contribution in [2.75, 3.05) is 6.61 Å². The van der Waals surface area contributed by atoms with Crippen LogP contribution < -0.4 is 5.32 Å². The molecule has 4 nitrogen and oxygen atoms in total. The maximum atomic E-state index is 8.71. The van der Waals surface area contributed by atoms with Crippen LogP contribution in [0.25, 0.3) is 0 Å². The molecule has 2 N–H and O–H groups in total. The zero-order valence-corrected chi connectivity index (χ0v) is 9.82. The summed E-state index contributed by atoms with van der Waals surface area (Å²) >= 11 is 0. The Morgan fingerprint density at radius 3 is 2.87 bits per heavy atom. The Hall–Kier alpha value is -0.870. The second-order valence-electron chi connectivity index (χ2n) is 4.05. The van der Waals surface area contributed by atoms with E-state index in [0.717, 1.165) is 25.1 Å². The van der Waals surface area contributed by atoms with Gasteiger partial charge in [0.2, 0.25) is 0 Å². The third-order valence-corrected chi connectivity index (χ3v) is 2.53. The maximum Gasteiger partial charge on any atom is 0.0597 e. The molecule has 0 amide bonds. The van der Waals surface area contributed by atoms with E-state index in [2.05, 4.69) is 23.4 Å². The summed E-state index contributed by atoms with van der Waals surface area (Å²) in [6.07, 6.45) is 1.87. The van der Waals surface area contributed by atoms with Gasteiger partial charge in [-0.3, -0.25) is 4.68 Å². The van der Waals surface area contributed by atoms with Crippen molar-refractivity contribution in [3.05, 3.63) is 17.5 Å². The van der Waals surface area contributed by atoms with Gasteiger partial charge in [-0.15, -0.1) is 0 Å². The number of hydrogen-bond acceptors (Lipinski definition) is 3. The first-order valence-corrected chi connectivity index (χ1v) is 5.47. The lowest BCUT2D eigenvalue weighted by molar-refractivity contribution is 0.276. The van der Waals surface area contributed by atoms with Crippen molar-refractivity contribution in [2.24, 2.45) is 7.05 Å². The van der Waals surface area contributed by atoms with E-state index in [9.17, 15) is 0 Å². The molecule has 0 radical (unpaired) electrons. The Bertz CT molecular complexity index is 296. The number of aromatic nitrogens is 2. The summed E-state index contributed by atoms with van der Waals surface area (Å²) in [5, 5.41) is 16.4. The lowest BCUT2D eigenvalue weighted by Gasteiger charge is -2.12. The van der Waals surface area contributed by atoms with Crippen LogP contribution in [0.1, 0.15) is 31.2 Å². The van der Waals surface area contributed by atoms with Crippen LogP contribution in [-0.2, 0) is 13.6 Å². The van der Waals surface area contributed by atoms with Gasteiger partial charge in [0, 0.05) is 26.2 Å². The van der Waals surface area contributed by atoms with Gasteiger partial charge in [-0.25, -0.2) is 0 Å². The molecular weight excluding hydrogens is 190 g/mol. The zero-order chi connectivity index (χ0) is 11.3. The number of nitrogens with one attached hydrogen (secondary N) is 1. The number of aliphatic hydroxyl groups is 1. The molecule has 1 unspecified atom stereocenters. The third-order valence-electron chi connectivity index (χ3n) is 2.53. The molecule has 0 saturated carbocycles. The molecule has 0 spiro atoms. The van der Waals surface area contributed by atoms with Crippen molar-refractivity contribution in [3.8, 4) is 0 Å². The Morgan fingerprint density at radius 2 is 2.33 bits per heavy atom. The third kappa shape index (κ3) is 4.01. The van der Waals surface area contributed by atoms with Crippen LogP contribution in [-0.4, -0.2) is 27.5 Å². The summed E-state index contributed by atoms with van der Waals surface area (Å²) in [6.45, 7) is 5.25. The summed E-state index contributed by atoms with van der Waals surface area (Å²) < 4.78 is 1.90. The molecule has 0 aliphatic rings. The van der Waals surface area contributed by atoms with Crippen molar-refractivity contribution < 1.29 is 5.11 Å². The molecular formula is C11H21N3O. The molecule has 1 aromatic heterocycles. The molecule has 0 aliphatic carbocycles. The van der Waals surface area contributed by atoms with E-state index in [4.69, 9.17) is 5.11 Å². The molecule has 1 heterocycles. The molecule has 0 fully saturated rings. The van der Waals surface area contributed by atoms with Gasteiger partial charge in [-0.05, 0) is 32.8 Å². The minimum absolute atomic E-state index is 0.275. The lowest BCUT2D eigenvalue weighted by atomic mass is 10.2. The minimum atomic E-state index is 0.275. The second kappa shape index (κ2) is 5.88. The summed E-state index contributed by atoms with van der Waals surface area (Å²) in [4.78, 5) is 0. The summed E-state index contributed by atoms with van der Waals surface area (Å²) in [5.74, 6) is 0. The summed E-state index contributed by atoms with van der Waals surface area (Å²) in [7, 11) is 1.96. The largest absolute Gasteiger partial charge is 0.396 e. The molecule has 1 aromatic rings. The fourth-order valence-electron chi connectivity index (χ4n) is 1.61. The standard InChI is InChI=1S/C11H21N3O/c1-9(5-4-6-15)12-8-11-7-10(2)13-14(11)3/h7,9,12,15H,4-6,8H2,1-3H3. The first-order valence-electron chi connectivity index (χ1n) is 5.47. The van der Waals surface area contributed by atoms with Crippen LogP contribution in [0.5, 0.6) is 0 Å². The Labute approximate surface area is 91.3 Å². The Morgan fingerprint density at radius 1 is 1.60 bits per heavy atom. The van der Waals surface area contributed by atoms with Crippen molar-refractivity contribution in [3.63, 3.8) is 0 Å². The second-order valence-corrected chi connectivity index (χ2v) is 4.05. The predicted molar refractivity (Wildman–Crippen MR) is 60.6 cm³/mol. The van der Waals surface area contributed by atoms with Gasteiger partial charge in [-0.1, -0.05) is 0 Å². The summed E-state index contributed by atoms with van der Waals surface area (Å²) in [6, 6.07) is 2.53. The van der Waals surface area contributed by atoms with Crippen LogP contribution in [0.15, 0.2) is 6.07 Å². The highest BCUT2D eigenvalue weighted by Gasteiger charge is 2.04. The SMILES string of the molecule is Cc1cc(CNC(C)CCCO)n(C)n1. The molecule has 0 bridgehead atoms. The number of aryl methyl sites for hydroxylation is 2. The molecule has 86 valence electrons. The van der Waals surface area contributed by atoms with E-state index >= 15 is 0 Å². The zero-order valence-electron chi connectivity index (χ0n) is 9.82. The highest BCUT2D eigenvalue weighted by atomic mass is 16.2. The number of aliphatic hydroxyl groups excluding tert-OH is 1. The summed E-state index contributed by atoms with van der Waals surface area (Å²) in [5.41, 5.74) is 2.25. The maximum absolute atomic E-state index is 8.71. The molecule has 1 rings (SSSR count). The van der Waals surface area contributed by atoms with Crippen molar-refractivity contribution >= 4 is 0 Å². The highest BCUT2D eigenvalue weighted by molar-refractivity contribution is 5.08. The van der Waals surface area contributed by atoms with Gasteiger partial charge in [-0.2, -0.15) is 5.10 Å². The first-order chi connectivity index (χ1) is 7.13. The predicted octanol–water partition coefficient (Wildman–Crippen LogP) is 0.979. The molecule has 4 heteroatoms. The van der Waals surface area contributed by atoms with E-state index in [1.54, 1.807) is 0 Å². The van der Waals surface area contributed by atoms with Gasteiger partial charge in [0.15, 0.2) is 0 Å². The van der Waals surface area contributed by atoms with Crippen molar-refractivity contribution in [1.29, 1.82) is 0 Å². The first kappa shape index (κ1) is 12.2. The average molecular weight is 211 g/mol. The minimum Gasteiger partial charge on any atom is -0.396 e. The van der Waals surface area contributed by atoms with Gasteiger partial charge in [0.1, 0.15) is 0 Å².